The van der Waals surface area contributed by atoms with E-state index in [-0.39, 0.29) is 18.2 Å². The number of anilines is 1. The lowest BCUT2D eigenvalue weighted by Gasteiger charge is -2.36. The molecule has 28 heavy (non-hydrogen) atoms. The number of fused-ring (bicyclic) bond motifs is 1. The Morgan fingerprint density at radius 1 is 1.07 bits per heavy atom. The third kappa shape index (κ3) is 4.42. The lowest BCUT2D eigenvalue weighted by Crippen LogP contribution is -2.46. The summed E-state index contributed by atoms with van der Waals surface area (Å²) < 4.78 is 19.0. The van der Waals surface area contributed by atoms with Gasteiger partial charge in [0, 0.05) is 43.3 Å². The van der Waals surface area contributed by atoms with Crippen molar-refractivity contribution in [3.8, 4) is 5.75 Å². The number of piperazine rings is 1. The number of rotatable bonds is 6. The summed E-state index contributed by atoms with van der Waals surface area (Å²) in [6, 6.07) is 13.2. The minimum Gasteiger partial charge on any atom is -0.495 e. The molecule has 1 fully saturated rings. The van der Waals surface area contributed by atoms with Crippen LogP contribution in [0.25, 0.3) is 10.9 Å². The molecule has 1 aliphatic rings. The molecule has 0 saturated carbocycles. The fraction of sp³-hybridized carbons (Fsp3) is 0.364. The van der Waals surface area contributed by atoms with Gasteiger partial charge in [-0.3, -0.25) is 4.90 Å². The molecule has 4 rings (SSSR count). The number of aromatic nitrogens is 1. The Morgan fingerprint density at radius 3 is 2.64 bits per heavy atom. The summed E-state index contributed by atoms with van der Waals surface area (Å²) in [7, 11) is 1.73. The van der Waals surface area contributed by atoms with Gasteiger partial charge in [-0.05, 0) is 55.3 Å². The number of aromatic amines is 1. The molecule has 0 unspecified atom stereocenters. The predicted octanol–water partition coefficient (Wildman–Crippen LogP) is 4.49. The highest BCUT2D eigenvalue weighted by Crippen LogP contribution is 2.28. The average molecular weight is 404 g/mol. The van der Waals surface area contributed by atoms with E-state index in [1.54, 1.807) is 13.2 Å². The molecule has 0 bridgehead atoms. The number of hydrogen-bond donors (Lipinski definition) is 1. The van der Waals surface area contributed by atoms with Crippen molar-refractivity contribution < 1.29 is 9.13 Å². The van der Waals surface area contributed by atoms with E-state index in [2.05, 4.69) is 26.9 Å². The van der Waals surface area contributed by atoms with E-state index in [0.29, 0.717) is 0 Å². The summed E-state index contributed by atoms with van der Waals surface area (Å²) in [6.45, 7) is 5.21. The number of para-hydroxylation sites is 2. The van der Waals surface area contributed by atoms with Crippen LogP contribution in [0.5, 0.6) is 5.75 Å². The lowest BCUT2D eigenvalue weighted by molar-refractivity contribution is 0.254. The zero-order chi connectivity index (χ0) is 18.6. The zero-order valence-corrected chi connectivity index (χ0v) is 17.0. The first-order valence-electron chi connectivity index (χ1n) is 9.60. The number of hydrogen-bond acceptors (Lipinski definition) is 3. The number of benzene rings is 2. The van der Waals surface area contributed by atoms with Gasteiger partial charge in [-0.1, -0.05) is 12.1 Å². The number of methoxy groups -OCH3 is 1. The van der Waals surface area contributed by atoms with E-state index in [1.807, 2.05) is 24.4 Å². The molecular formula is C22H27ClFN3O. The number of halogens is 2. The molecule has 150 valence electrons. The number of ether oxygens (including phenoxy) is 1. The molecular weight excluding hydrogens is 377 g/mol. The topological polar surface area (TPSA) is 31.5 Å². The quantitative estimate of drug-likeness (QED) is 0.657. The Bertz CT molecular complexity index is 906. The molecule has 0 atom stereocenters. The van der Waals surface area contributed by atoms with Gasteiger partial charge in [0.15, 0.2) is 0 Å². The highest BCUT2D eigenvalue weighted by atomic mass is 35.5. The average Bonchev–Trinajstić information content (AvgIpc) is 3.10. The summed E-state index contributed by atoms with van der Waals surface area (Å²) in [4.78, 5) is 8.16. The Hall–Kier alpha value is -2.24. The summed E-state index contributed by atoms with van der Waals surface area (Å²) >= 11 is 0. The van der Waals surface area contributed by atoms with Gasteiger partial charge in [0.1, 0.15) is 11.6 Å². The van der Waals surface area contributed by atoms with Gasteiger partial charge in [0.05, 0.1) is 12.8 Å². The second kappa shape index (κ2) is 9.30. The minimum absolute atomic E-state index is 0. The third-order valence-corrected chi connectivity index (χ3v) is 5.45. The van der Waals surface area contributed by atoms with E-state index >= 15 is 0 Å². The van der Waals surface area contributed by atoms with Gasteiger partial charge in [-0.2, -0.15) is 0 Å². The van der Waals surface area contributed by atoms with Crippen LogP contribution in [0.1, 0.15) is 12.0 Å². The Kier molecular flexibility index (Phi) is 6.81. The van der Waals surface area contributed by atoms with Crippen molar-refractivity contribution >= 4 is 29.0 Å². The second-order valence-electron chi connectivity index (χ2n) is 7.11. The van der Waals surface area contributed by atoms with Crippen LogP contribution < -0.4 is 9.64 Å². The number of H-pyrrole nitrogens is 1. The molecule has 1 N–H and O–H groups in total. The van der Waals surface area contributed by atoms with Crippen molar-refractivity contribution in [1.29, 1.82) is 0 Å². The van der Waals surface area contributed by atoms with Crippen LogP contribution in [-0.2, 0) is 6.42 Å². The maximum Gasteiger partial charge on any atom is 0.142 e. The molecule has 0 amide bonds. The van der Waals surface area contributed by atoms with E-state index in [0.717, 1.165) is 62.2 Å². The molecule has 2 aromatic carbocycles. The summed E-state index contributed by atoms with van der Waals surface area (Å²) in [6.07, 6.45) is 4.07. The predicted molar refractivity (Wildman–Crippen MR) is 115 cm³/mol. The first kappa shape index (κ1) is 20.5. The highest BCUT2D eigenvalue weighted by Gasteiger charge is 2.19. The van der Waals surface area contributed by atoms with Gasteiger partial charge in [0.25, 0.3) is 0 Å². The maximum absolute atomic E-state index is 13.5. The fourth-order valence-corrected chi connectivity index (χ4v) is 3.95. The van der Waals surface area contributed by atoms with Crippen molar-refractivity contribution in [1.82, 2.24) is 9.88 Å². The first-order chi connectivity index (χ1) is 13.2. The van der Waals surface area contributed by atoms with Crippen molar-refractivity contribution in [2.45, 2.75) is 12.8 Å². The van der Waals surface area contributed by atoms with Gasteiger partial charge in [-0.25, -0.2) is 4.39 Å². The maximum atomic E-state index is 13.5. The molecule has 1 saturated heterocycles. The van der Waals surface area contributed by atoms with Gasteiger partial charge in [0.2, 0.25) is 0 Å². The van der Waals surface area contributed by atoms with Crippen LogP contribution in [0.2, 0.25) is 0 Å². The molecule has 6 heteroatoms. The second-order valence-corrected chi connectivity index (χ2v) is 7.11. The van der Waals surface area contributed by atoms with Gasteiger partial charge >= 0.3 is 0 Å². The Balaban J connectivity index is 0.00000225. The number of nitrogens with one attached hydrogen (secondary N) is 1. The molecule has 0 radical (unpaired) electrons. The van der Waals surface area contributed by atoms with E-state index < -0.39 is 0 Å². The Morgan fingerprint density at radius 2 is 1.86 bits per heavy atom. The standard InChI is InChI=1S/C22H26FN3O.ClH/c1-27-22-7-3-2-6-21(22)26-13-11-25(12-14-26)10-4-5-17-16-24-20-9-8-18(23)15-19(17)20;/h2-3,6-9,15-16,24H,4-5,10-14H2,1H3;1H. The largest absolute Gasteiger partial charge is 0.495 e. The lowest BCUT2D eigenvalue weighted by atomic mass is 10.1. The normalized spacial score (nSPS) is 14.9. The molecule has 1 aromatic heterocycles. The molecule has 0 spiro atoms. The molecule has 0 aliphatic carbocycles. The molecule has 1 aliphatic heterocycles. The number of nitrogens with zero attached hydrogens (tertiary/aromatic N) is 2. The SMILES string of the molecule is COc1ccccc1N1CCN(CCCc2c[nH]c3ccc(F)cc23)CC1.Cl. The van der Waals surface area contributed by atoms with Crippen molar-refractivity contribution in [3.63, 3.8) is 0 Å². The first-order valence-corrected chi connectivity index (χ1v) is 9.60. The number of aryl methyl sites for hydroxylation is 1. The molecule has 2 heterocycles. The van der Waals surface area contributed by atoms with Crippen LogP contribution in [0, 0.1) is 5.82 Å². The summed E-state index contributed by atoms with van der Waals surface area (Å²) in [5.74, 6) is 0.772. The van der Waals surface area contributed by atoms with Crippen LogP contribution in [0.4, 0.5) is 10.1 Å². The van der Waals surface area contributed by atoms with E-state index in [4.69, 9.17) is 4.74 Å². The third-order valence-electron chi connectivity index (χ3n) is 5.45. The fourth-order valence-electron chi connectivity index (χ4n) is 3.95. The zero-order valence-electron chi connectivity index (χ0n) is 16.2. The molecule has 3 aromatic rings. The summed E-state index contributed by atoms with van der Waals surface area (Å²) in [5, 5.41) is 1.01. The van der Waals surface area contributed by atoms with Crippen LogP contribution in [0.15, 0.2) is 48.7 Å². The van der Waals surface area contributed by atoms with Crippen molar-refractivity contribution in [2.24, 2.45) is 0 Å². The summed E-state index contributed by atoms with van der Waals surface area (Å²) in [5.41, 5.74) is 3.40. The van der Waals surface area contributed by atoms with Crippen LogP contribution in [-0.4, -0.2) is 49.7 Å². The molecule has 4 nitrogen and oxygen atoms in total. The highest BCUT2D eigenvalue weighted by molar-refractivity contribution is 5.85. The van der Waals surface area contributed by atoms with Crippen LogP contribution in [0.3, 0.4) is 0 Å². The monoisotopic (exact) mass is 403 g/mol. The van der Waals surface area contributed by atoms with E-state index in [9.17, 15) is 4.39 Å². The van der Waals surface area contributed by atoms with Gasteiger partial charge in [-0.15, -0.1) is 12.4 Å². The smallest absolute Gasteiger partial charge is 0.142 e. The van der Waals surface area contributed by atoms with Crippen LogP contribution >= 0.6 is 12.4 Å². The van der Waals surface area contributed by atoms with Gasteiger partial charge < -0.3 is 14.6 Å². The Labute approximate surface area is 171 Å². The van der Waals surface area contributed by atoms with E-state index in [1.165, 1.54) is 17.3 Å². The minimum atomic E-state index is -0.171. The van der Waals surface area contributed by atoms with Crippen molar-refractivity contribution in [2.75, 3.05) is 44.7 Å². The van der Waals surface area contributed by atoms with Crippen molar-refractivity contribution in [3.05, 3.63) is 60.0 Å².